The average Bonchev–Trinajstić information content (AvgIpc) is 2.95. The van der Waals surface area contributed by atoms with Crippen LogP contribution in [0.15, 0.2) is 54.6 Å². The molecule has 0 amide bonds. The van der Waals surface area contributed by atoms with Crippen LogP contribution in [0.3, 0.4) is 0 Å². The summed E-state index contributed by atoms with van der Waals surface area (Å²) in [6, 6.07) is 15.7. The summed E-state index contributed by atoms with van der Waals surface area (Å²) in [5, 5.41) is 0. The number of hydrogen-bond acceptors (Lipinski definition) is 3. The van der Waals surface area contributed by atoms with Crippen molar-refractivity contribution in [2.24, 2.45) is 0 Å². The maximum Gasteiger partial charge on any atom is 0.338 e. The summed E-state index contributed by atoms with van der Waals surface area (Å²) < 4.78 is 10.6. The van der Waals surface area contributed by atoms with Crippen molar-refractivity contribution in [2.45, 2.75) is 6.92 Å². The third kappa shape index (κ3) is 2.90. The van der Waals surface area contributed by atoms with Crippen molar-refractivity contribution in [3.8, 4) is 5.75 Å². The molecule has 3 rings (SSSR count). The van der Waals surface area contributed by atoms with Crippen LogP contribution in [0.25, 0.3) is 17.2 Å². The van der Waals surface area contributed by atoms with Crippen molar-refractivity contribution in [2.75, 3.05) is 13.7 Å². The number of rotatable bonds is 4. The van der Waals surface area contributed by atoms with Gasteiger partial charge in [-0.05, 0) is 41.8 Å². The van der Waals surface area contributed by atoms with Crippen molar-refractivity contribution in [3.05, 3.63) is 71.3 Å². The van der Waals surface area contributed by atoms with Crippen LogP contribution in [-0.2, 0) is 9.53 Å². The molecule has 0 saturated heterocycles. The zero-order valence-electron chi connectivity index (χ0n) is 13.2. The zero-order chi connectivity index (χ0) is 16.2. The Morgan fingerprint density at radius 2 is 1.74 bits per heavy atom. The minimum atomic E-state index is -0.289. The zero-order valence-corrected chi connectivity index (χ0v) is 13.2. The molecule has 0 bridgehead atoms. The van der Waals surface area contributed by atoms with E-state index in [0.29, 0.717) is 12.2 Å². The highest BCUT2D eigenvalue weighted by Crippen LogP contribution is 2.37. The highest BCUT2D eigenvalue weighted by Gasteiger charge is 2.24. The van der Waals surface area contributed by atoms with Crippen molar-refractivity contribution >= 4 is 23.2 Å². The fraction of sp³-hybridized carbons (Fsp3) is 0.150. The molecular formula is C20H18O3. The lowest BCUT2D eigenvalue weighted by molar-refractivity contribution is -0.136. The van der Waals surface area contributed by atoms with Crippen LogP contribution in [0.1, 0.15) is 23.6 Å². The van der Waals surface area contributed by atoms with Gasteiger partial charge in [0.25, 0.3) is 0 Å². The SMILES string of the molecule is CCOC(=O)C1=C/C(=C/c2ccccc2OC)c2ccccc21. The van der Waals surface area contributed by atoms with Crippen molar-refractivity contribution in [1.29, 1.82) is 0 Å². The first-order chi connectivity index (χ1) is 11.2. The minimum absolute atomic E-state index is 0.289. The second-order valence-electron chi connectivity index (χ2n) is 5.17. The quantitative estimate of drug-likeness (QED) is 0.794. The third-order valence-electron chi connectivity index (χ3n) is 3.77. The van der Waals surface area contributed by atoms with Crippen LogP contribution < -0.4 is 4.74 Å². The summed E-state index contributed by atoms with van der Waals surface area (Å²) in [6.07, 6.45) is 3.92. The van der Waals surface area contributed by atoms with E-state index < -0.39 is 0 Å². The van der Waals surface area contributed by atoms with Gasteiger partial charge in [-0.3, -0.25) is 0 Å². The molecule has 3 nitrogen and oxygen atoms in total. The number of fused-ring (bicyclic) bond motifs is 1. The predicted molar refractivity (Wildman–Crippen MR) is 91.9 cm³/mol. The monoisotopic (exact) mass is 306 g/mol. The molecule has 0 aliphatic heterocycles. The highest BCUT2D eigenvalue weighted by atomic mass is 16.5. The van der Waals surface area contributed by atoms with Crippen molar-refractivity contribution in [3.63, 3.8) is 0 Å². The summed E-state index contributed by atoms with van der Waals surface area (Å²) in [4.78, 5) is 12.2. The highest BCUT2D eigenvalue weighted by molar-refractivity contribution is 6.24. The molecule has 0 unspecified atom stereocenters. The molecule has 116 valence electrons. The Morgan fingerprint density at radius 1 is 1.04 bits per heavy atom. The molecule has 0 fully saturated rings. The minimum Gasteiger partial charge on any atom is -0.496 e. The number of ether oxygens (including phenoxy) is 2. The Bertz CT molecular complexity index is 800. The molecular weight excluding hydrogens is 288 g/mol. The van der Waals surface area contributed by atoms with Gasteiger partial charge < -0.3 is 9.47 Å². The number of hydrogen-bond donors (Lipinski definition) is 0. The molecule has 1 aliphatic carbocycles. The number of benzene rings is 2. The van der Waals surface area contributed by atoms with E-state index in [1.807, 2.05) is 67.6 Å². The van der Waals surface area contributed by atoms with Crippen LogP contribution in [0.5, 0.6) is 5.75 Å². The van der Waals surface area contributed by atoms with Gasteiger partial charge in [0.15, 0.2) is 0 Å². The average molecular weight is 306 g/mol. The van der Waals surface area contributed by atoms with Crippen molar-refractivity contribution in [1.82, 2.24) is 0 Å². The van der Waals surface area contributed by atoms with Crippen molar-refractivity contribution < 1.29 is 14.3 Å². The molecule has 2 aromatic carbocycles. The fourth-order valence-corrected chi connectivity index (χ4v) is 2.73. The molecule has 0 heterocycles. The van der Waals surface area contributed by atoms with Gasteiger partial charge in [-0.25, -0.2) is 4.79 Å². The van der Waals surface area contributed by atoms with Crippen LogP contribution >= 0.6 is 0 Å². The van der Waals surface area contributed by atoms with E-state index in [1.54, 1.807) is 7.11 Å². The Hall–Kier alpha value is -2.81. The molecule has 1 aliphatic rings. The lowest BCUT2D eigenvalue weighted by Crippen LogP contribution is -2.05. The molecule has 0 atom stereocenters. The van der Waals surface area contributed by atoms with Gasteiger partial charge in [0, 0.05) is 5.56 Å². The van der Waals surface area contributed by atoms with Gasteiger partial charge in [-0.15, -0.1) is 0 Å². The van der Waals surface area contributed by atoms with E-state index in [0.717, 1.165) is 28.0 Å². The Balaban J connectivity index is 2.09. The second kappa shape index (κ2) is 6.53. The molecule has 2 aromatic rings. The van der Waals surface area contributed by atoms with Gasteiger partial charge in [-0.2, -0.15) is 0 Å². The number of para-hydroxylation sites is 1. The first-order valence-corrected chi connectivity index (χ1v) is 7.58. The molecule has 23 heavy (non-hydrogen) atoms. The van der Waals surface area contributed by atoms with E-state index in [-0.39, 0.29) is 5.97 Å². The molecule has 0 spiro atoms. The topological polar surface area (TPSA) is 35.5 Å². The first kappa shape index (κ1) is 15.1. The summed E-state index contributed by atoms with van der Waals surface area (Å²) >= 11 is 0. The number of esters is 1. The number of carbonyl (C=O) groups is 1. The fourth-order valence-electron chi connectivity index (χ4n) is 2.73. The lowest BCUT2D eigenvalue weighted by Gasteiger charge is -2.06. The number of carbonyl (C=O) groups excluding carboxylic acids is 1. The summed E-state index contributed by atoms with van der Waals surface area (Å²) in [5.74, 6) is 0.513. The van der Waals surface area contributed by atoms with Gasteiger partial charge in [-0.1, -0.05) is 42.5 Å². The standard InChI is InChI=1S/C20H18O3/c1-3-23-20(21)18-13-15(16-9-5-6-10-17(16)18)12-14-8-4-7-11-19(14)22-2/h4-13H,3H2,1-2H3/b15-12-. The molecule has 0 aromatic heterocycles. The van der Waals surface area contributed by atoms with E-state index in [4.69, 9.17) is 9.47 Å². The smallest absolute Gasteiger partial charge is 0.338 e. The molecule has 0 saturated carbocycles. The van der Waals surface area contributed by atoms with Gasteiger partial charge >= 0.3 is 5.97 Å². The Labute approximate surface area is 135 Å². The summed E-state index contributed by atoms with van der Waals surface area (Å²) in [5.41, 5.74) is 4.49. The Kier molecular flexibility index (Phi) is 4.29. The number of methoxy groups -OCH3 is 1. The largest absolute Gasteiger partial charge is 0.496 e. The maximum absolute atomic E-state index is 12.2. The van der Waals surface area contributed by atoms with Gasteiger partial charge in [0.05, 0.1) is 19.3 Å². The van der Waals surface area contributed by atoms with Crippen LogP contribution in [0, 0.1) is 0 Å². The summed E-state index contributed by atoms with van der Waals surface area (Å²) in [7, 11) is 1.65. The van der Waals surface area contributed by atoms with E-state index in [1.165, 1.54) is 0 Å². The van der Waals surface area contributed by atoms with Crippen LogP contribution in [-0.4, -0.2) is 19.7 Å². The second-order valence-corrected chi connectivity index (χ2v) is 5.17. The van der Waals surface area contributed by atoms with Gasteiger partial charge in [0.1, 0.15) is 5.75 Å². The van der Waals surface area contributed by atoms with Crippen LogP contribution in [0.2, 0.25) is 0 Å². The van der Waals surface area contributed by atoms with E-state index in [2.05, 4.69) is 0 Å². The number of allylic oxidation sites excluding steroid dienone is 2. The van der Waals surface area contributed by atoms with Gasteiger partial charge in [0.2, 0.25) is 0 Å². The molecule has 0 N–H and O–H groups in total. The normalized spacial score (nSPS) is 14.3. The van der Waals surface area contributed by atoms with E-state index in [9.17, 15) is 4.79 Å². The Morgan fingerprint density at radius 3 is 2.48 bits per heavy atom. The maximum atomic E-state index is 12.2. The predicted octanol–water partition coefficient (Wildman–Crippen LogP) is 4.20. The lowest BCUT2D eigenvalue weighted by atomic mass is 10.0. The molecule has 3 heteroatoms. The third-order valence-corrected chi connectivity index (χ3v) is 3.77. The molecule has 0 radical (unpaired) electrons. The first-order valence-electron chi connectivity index (χ1n) is 7.58. The summed E-state index contributed by atoms with van der Waals surface area (Å²) in [6.45, 7) is 2.18. The van der Waals surface area contributed by atoms with Crippen LogP contribution in [0.4, 0.5) is 0 Å². The van der Waals surface area contributed by atoms with E-state index >= 15 is 0 Å².